The van der Waals surface area contributed by atoms with Crippen molar-refractivity contribution in [2.75, 3.05) is 43.4 Å². The molecule has 2 saturated heterocycles. The van der Waals surface area contributed by atoms with E-state index in [9.17, 15) is 19.5 Å². The van der Waals surface area contributed by atoms with E-state index in [1.54, 1.807) is 23.7 Å². The van der Waals surface area contributed by atoms with E-state index in [4.69, 9.17) is 10.5 Å². The predicted molar refractivity (Wildman–Crippen MR) is 218 cm³/mol. The molecule has 2 amide bonds. The molecule has 13 nitrogen and oxygen atoms in total. The van der Waals surface area contributed by atoms with Crippen molar-refractivity contribution >= 4 is 34.4 Å². The van der Waals surface area contributed by atoms with Crippen LogP contribution in [-0.4, -0.2) is 73.9 Å². The lowest BCUT2D eigenvalue weighted by atomic mass is 10.0. The number of unbranched alkanes of at least 4 members (excludes halogenated alkanes) is 6. The molecule has 2 fully saturated rings. The number of para-hydroxylation sites is 1. The minimum absolute atomic E-state index is 0.167. The van der Waals surface area contributed by atoms with Crippen molar-refractivity contribution in [1.29, 1.82) is 0 Å². The van der Waals surface area contributed by atoms with E-state index in [1.807, 2.05) is 30.3 Å². The van der Waals surface area contributed by atoms with E-state index < -0.39 is 11.9 Å². The number of carbonyl (C=O) groups is 2. The van der Waals surface area contributed by atoms with Gasteiger partial charge in [0.15, 0.2) is 5.82 Å². The fourth-order valence-electron chi connectivity index (χ4n) is 7.90. The van der Waals surface area contributed by atoms with Crippen LogP contribution in [0.3, 0.4) is 0 Å². The van der Waals surface area contributed by atoms with Crippen molar-refractivity contribution in [3.05, 3.63) is 94.4 Å². The molecule has 1 unspecified atom stereocenters. The van der Waals surface area contributed by atoms with Gasteiger partial charge in [0.25, 0.3) is 0 Å². The van der Waals surface area contributed by atoms with E-state index in [-0.39, 0.29) is 23.8 Å². The number of phenolic OH excluding ortho intramolecular Hbond substituents is 1. The predicted octanol–water partition coefficient (Wildman–Crippen LogP) is 5.74. The van der Waals surface area contributed by atoms with Gasteiger partial charge < -0.3 is 20.5 Å². The third-order valence-corrected chi connectivity index (χ3v) is 11.1. The minimum Gasteiger partial charge on any atom is -0.507 e. The number of phenols is 1. The average Bonchev–Trinajstić information content (AvgIpc) is 3.44. The number of anilines is 2. The summed E-state index contributed by atoms with van der Waals surface area (Å²) in [4.78, 5) is 41.8. The van der Waals surface area contributed by atoms with Crippen LogP contribution in [0.5, 0.6) is 11.5 Å². The highest BCUT2D eigenvalue weighted by molar-refractivity contribution is 6.00. The number of ether oxygens (including phenoxy) is 1. The SMILES string of the molecule is Cn1c(=O)n(C2CCC(=O)NC2=O)c2ccc(CCCCCCCCCOc3cccc(CN4CCN(c5cc(-c6ccccc6O)nnc5N)CC4)c3)cc21. The Morgan fingerprint density at radius 2 is 1.59 bits per heavy atom. The van der Waals surface area contributed by atoms with Crippen LogP contribution >= 0.6 is 0 Å². The number of rotatable bonds is 16. The quantitative estimate of drug-likeness (QED) is 0.0837. The number of nitrogen functional groups attached to an aromatic ring is 1. The molecule has 4 heterocycles. The summed E-state index contributed by atoms with van der Waals surface area (Å²) in [6, 6.07) is 22.8. The number of nitrogens with one attached hydrogen (secondary N) is 1. The van der Waals surface area contributed by atoms with Gasteiger partial charge in [0.1, 0.15) is 17.5 Å². The van der Waals surface area contributed by atoms with E-state index >= 15 is 0 Å². The number of aromatic hydroxyl groups is 1. The van der Waals surface area contributed by atoms with Crippen LogP contribution in [0.1, 0.15) is 75.0 Å². The molecule has 7 rings (SSSR count). The topological polar surface area (TPSA) is 161 Å². The number of piperidine rings is 1. The van der Waals surface area contributed by atoms with Crippen molar-refractivity contribution in [3.8, 4) is 22.8 Å². The Hall–Kier alpha value is -5.69. The molecule has 0 saturated carbocycles. The standard InChI is InChI=1S/C43H52N8O5/c1-48-37-27-30(17-18-35(37)51(43(48)55)36-19-20-40(53)45-42(36)54)12-7-5-3-2-4-6-10-25-56-32-14-11-13-31(26-32)29-49-21-23-50(24-22-49)38-28-34(46-47-41(38)44)33-15-8-9-16-39(33)52/h8-9,11,13-18,26-28,36,52H,2-7,10,12,19-25,29H2,1H3,(H2,44,47)(H,45,53,54). The van der Waals surface area contributed by atoms with Gasteiger partial charge in [-0.15, -0.1) is 10.2 Å². The fraction of sp³-hybridized carbons (Fsp3) is 0.419. The van der Waals surface area contributed by atoms with Crippen LogP contribution in [0.15, 0.2) is 77.6 Å². The van der Waals surface area contributed by atoms with Crippen LogP contribution < -0.4 is 26.4 Å². The van der Waals surface area contributed by atoms with Crippen LogP contribution in [0, 0.1) is 0 Å². The van der Waals surface area contributed by atoms with E-state index in [0.717, 1.165) is 87.3 Å². The lowest BCUT2D eigenvalue weighted by Gasteiger charge is -2.36. The maximum absolute atomic E-state index is 13.0. The van der Waals surface area contributed by atoms with Gasteiger partial charge in [0.05, 0.1) is 29.0 Å². The smallest absolute Gasteiger partial charge is 0.329 e. The van der Waals surface area contributed by atoms with E-state index in [0.29, 0.717) is 30.1 Å². The number of fused-ring (bicyclic) bond motifs is 1. The van der Waals surface area contributed by atoms with Gasteiger partial charge in [-0.3, -0.25) is 28.9 Å². The summed E-state index contributed by atoms with van der Waals surface area (Å²) >= 11 is 0. The molecule has 2 aliphatic rings. The summed E-state index contributed by atoms with van der Waals surface area (Å²) < 4.78 is 9.27. The van der Waals surface area contributed by atoms with Crippen molar-refractivity contribution < 1.29 is 19.4 Å². The summed E-state index contributed by atoms with van der Waals surface area (Å²) in [6.45, 7) is 4.97. The molecule has 5 aromatic rings. The Bertz CT molecular complexity index is 2220. The van der Waals surface area contributed by atoms with Crippen molar-refractivity contribution in [3.63, 3.8) is 0 Å². The molecule has 0 aliphatic carbocycles. The Morgan fingerprint density at radius 3 is 2.38 bits per heavy atom. The molecular formula is C43H52N8O5. The first kappa shape index (κ1) is 38.6. The number of carbonyl (C=O) groups excluding carboxylic acids is 2. The zero-order valence-corrected chi connectivity index (χ0v) is 32.2. The second-order valence-electron chi connectivity index (χ2n) is 15.0. The first-order chi connectivity index (χ1) is 27.2. The van der Waals surface area contributed by atoms with Crippen molar-refractivity contribution in [2.45, 2.75) is 76.8 Å². The molecule has 56 heavy (non-hydrogen) atoms. The summed E-state index contributed by atoms with van der Waals surface area (Å²) in [6.07, 6.45) is 9.51. The van der Waals surface area contributed by atoms with Gasteiger partial charge in [-0.25, -0.2) is 4.79 Å². The largest absolute Gasteiger partial charge is 0.507 e. The summed E-state index contributed by atoms with van der Waals surface area (Å²) in [7, 11) is 1.74. The molecule has 294 valence electrons. The van der Waals surface area contributed by atoms with Crippen molar-refractivity contribution in [1.82, 2.24) is 29.5 Å². The first-order valence-corrected chi connectivity index (χ1v) is 19.9. The Morgan fingerprint density at radius 1 is 0.821 bits per heavy atom. The molecule has 0 spiro atoms. The second-order valence-corrected chi connectivity index (χ2v) is 15.0. The number of imidazole rings is 1. The monoisotopic (exact) mass is 760 g/mol. The van der Waals surface area contributed by atoms with E-state index in [2.05, 4.69) is 55.6 Å². The Kier molecular flexibility index (Phi) is 12.3. The number of imide groups is 1. The lowest BCUT2D eigenvalue weighted by molar-refractivity contribution is -0.135. The highest BCUT2D eigenvalue weighted by Gasteiger charge is 2.31. The summed E-state index contributed by atoms with van der Waals surface area (Å²) in [5.74, 6) is 0.776. The molecule has 4 N–H and O–H groups in total. The van der Waals surface area contributed by atoms with Gasteiger partial charge in [0, 0.05) is 51.8 Å². The van der Waals surface area contributed by atoms with Crippen LogP contribution in [-0.2, 0) is 29.6 Å². The minimum atomic E-state index is -0.662. The molecule has 1 atom stereocenters. The number of hydrogen-bond acceptors (Lipinski definition) is 10. The molecule has 0 radical (unpaired) electrons. The zero-order chi connectivity index (χ0) is 39.0. The second kappa shape index (κ2) is 17.8. The Balaban J connectivity index is 0.776. The molecule has 3 aromatic carbocycles. The number of benzene rings is 3. The highest BCUT2D eigenvalue weighted by atomic mass is 16.5. The zero-order valence-electron chi connectivity index (χ0n) is 32.2. The number of aromatic nitrogens is 4. The highest BCUT2D eigenvalue weighted by Crippen LogP contribution is 2.32. The number of nitrogens with zero attached hydrogens (tertiary/aromatic N) is 6. The molecule has 2 aliphatic heterocycles. The fourth-order valence-corrected chi connectivity index (χ4v) is 7.90. The number of piperazine rings is 1. The number of amides is 2. The van der Waals surface area contributed by atoms with Gasteiger partial charge in [-0.05, 0) is 79.3 Å². The van der Waals surface area contributed by atoms with Crippen LogP contribution in [0.25, 0.3) is 22.3 Å². The summed E-state index contributed by atoms with van der Waals surface area (Å²) in [5, 5.41) is 21.1. The van der Waals surface area contributed by atoms with Gasteiger partial charge >= 0.3 is 5.69 Å². The Labute approximate surface area is 327 Å². The van der Waals surface area contributed by atoms with Gasteiger partial charge in [0.2, 0.25) is 11.8 Å². The van der Waals surface area contributed by atoms with Gasteiger partial charge in [-0.2, -0.15) is 0 Å². The molecule has 13 heteroatoms. The molecular weight excluding hydrogens is 709 g/mol. The molecule has 0 bridgehead atoms. The number of nitrogens with two attached hydrogens (primary N) is 1. The molecule has 2 aromatic heterocycles. The summed E-state index contributed by atoms with van der Waals surface area (Å²) in [5.41, 5.74) is 12.0. The number of hydrogen-bond donors (Lipinski definition) is 3. The first-order valence-electron chi connectivity index (χ1n) is 19.9. The van der Waals surface area contributed by atoms with Crippen LogP contribution in [0.2, 0.25) is 0 Å². The number of aryl methyl sites for hydroxylation is 2. The lowest BCUT2D eigenvalue weighted by Crippen LogP contribution is -2.46. The third-order valence-electron chi connectivity index (χ3n) is 11.1. The van der Waals surface area contributed by atoms with Crippen molar-refractivity contribution in [2.24, 2.45) is 7.05 Å². The average molecular weight is 761 g/mol. The van der Waals surface area contributed by atoms with Gasteiger partial charge in [-0.1, -0.05) is 62.4 Å². The van der Waals surface area contributed by atoms with Crippen LogP contribution in [0.4, 0.5) is 11.5 Å². The maximum atomic E-state index is 13.0. The maximum Gasteiger partial charge on any atom is 0.329 e. The normalized spacial score (nSPS) is 16.4. The third kappa shape index (κ3) is 9.05. The van der Waals surface area contributed by atoms with E-state index in [1.165, 1.54) is 35.0 Å².